The summed E-state index contributed by atoms with van der Waals surface area (Å²) in [5.41, 5.74) is 6.27. The molecule has 0 amide bonds. The lowest BCUT2D eigenvalue weighted by molar-refractivity contribution is -0.131. The Labute approximate surface area is 127 Å². The number of hydrogen-bond donors (Lipinski definition) is 2. The van der Waals surface area contributed by atoms with Gasteiger partial charge in [0.2, 0.25) is 0 Å². The van der Waals surface area contributed by atoms with E-state index in [0.717, 1.165) is 33.9 Å². The Bertz CT molecular complexity index is 860. The van der Waals surface area contributed by atoms with Crippen LogP contribution in [0.1, 0.15) is 32.6 Å². The molecule has 0 aromatic heterocycles. The van der Waals surface area contributed by atoms with Gasteiger partial charge in [-0.2, -0.15) is 0 Å². The summed E-state index contributed by atoms with van der Waals surface area (Å²) >= 11 is 0. The van der Waals surface area contributed by atoms with E-state index in [0.29, 0.717) is 11.1 Å². The molecule has 1 aliphatic carbocycles. The Morgan fingerprint density at radius 1 is 0.955 bits per heavy atom. The fraction of sp³-hybridized carbons (Fsp3) is 0.111. The number of aliphatic carboxylic acids is 1. The Kier molecular flexibility index (Phi) is 3.10. The van der Waals surface area contributed by atoms with Gasteiger partial charge < -0.3 is 10.2 Å². The molecule has 4 heteroatoms. The summed E-state index contributed by atoms with van der Waals surface area (Å²) in [7, 11) is 0. The largest absolute Gasteiger partial charge is 0.478 e. The van der Waals surface area contributed by atoms with Crippen LogP contribution < -0.4 is 0 Å². The molecule has 0 fully saturated rings. The second-order valence-electron chi connectivity index (χ2n) is 5.39. The standard InChI is InChI=1S/C18H14O4/c1-9-3-5-12-15(8-16(19)20)14-7-11(18(21)22)4-6-13(14)17(12)10(9)2/h3-8H,1-2H3,(H,19,20)(H,21,22)/b15-8+. The van der Waals surface area contributed by atoms with E-state index >= 15 is 0 Å². The molecular weight excluding hydrogens is 280 g/mol. The molecule has 2 aromatic rings. The molecule has 0 saturated carbocycles. The third kappa shape index (κ3) is 2.00. The second kappa shape index (κ2) is 4.84. The Balaban J connectivity index is 2.38. The Hall–Kier alpha value is -2.88. The van der Waals surface area contributed by atoms with E-state index in [2.05, 4.69) is 0 Å². The second-order valence-corrected chi connectivity index (χ2v) is 5.39. The lowest BCUT2D eigenvalue weighted by Gasteiger charge is -2.08. The summed E-state index contributed by atoms with van der Waals surface area (Å²) in [6.45, 7) is 3.99. The number of rotatable bonds is 2. The normalized spacial score (nSPS) is 13.8. The number of carboxylic acid groups (broad SMARTS) is 2. The number of carbonyl (C=O) groups is 2. The van der Waals surface area contributed by atoms with Crippen LogP contribution in [0.2, 0.25) is 0 Å². The summed E-state index contributed by atoms with van der Waals surface area (Å²) in [4.78, 5) is 22.3. The van der Waals surface area contributed by atoms with E-state index in [1.807, 2.05) is 26.0 Å². The molecule has 0 bridgehead atoms. The van der Waals surface area contributed by atoms with Gasteiger partial charge in [-0.3, -0.25) is 0 Å². The highest BCUT2D eigenvalue weighted by molar-refractivity contribution is 6.08. The first-order chi connectivity index (χ1) is 10.4. The molecule has 0 saturated heterocycles. The zero-order chi connectivity index (χ0) is 16.0. The van der Waals surface area contributed by atoms with Crippen LogP contribution in [0.15, 0.2) is 36.4 Å². The van der Waals surface area contributed by atoms with Gasteiger partial charge >= 0.3 is 11.9 Å². The maximum atomic E-state index is 11.2. The molecule has 0 heterocycles. The molecule has 22 heavy (non-hydrogen) atoms. The van der Waals surface area contributed by atoms with Crippen molar-refractivity contribution in [1.82, 2.24) is 0 Å². The van der Waals surface area contributed by atoms with E-state index < -0.39 is 11.9 Å². The third-order valence-corrected chi connectivity index (χ3v) is 4.12. The first kappa shape index (κ1) is 14.1. The Morgan fingerprint density at radius 3 is 2.27 bits per heavy atom. The van der Waals surface area contributed by atoms with E-state index in [4.69, 9.17) is 10.2 Å². The average Bonchev–Trinajstić information content (AvgIpc) is 2.76. The van der Waals surface area contributed by atoms with E-state index in [1.165, 1.54) is 0 Å². The summed E-state index contributed by atoms with van der Waals surface area (Å²) in [5.74, 6) is -2.07. The summed E-state index contributed by atoms with van der Waals surface area (Å²) in [5, 5.41) is 18.3. The van der Waals surface area contributed by atoms with Gasteiger partial charge in [0.05, 0.1) is 5.56 Å². The number of aromatic carboxylic acids is 1. The van der Waals surface area contributed by atoms with Crippen LogP contribution in [0.3, 0.4) is 0 Å². The topological polar surface area (TPSA) is 74.6 Å². The van der Waals surface area contributed by atoms with Crippen molar-refractivity contribution in [3.63, 3.8) is 0 Å². The smallest absolute Gasteiger partial charge is 0.335 e. The van der Waals surface area contributed by atoms with E-state index in [-0.39, 0.29) is 5.56 Å². The lowest BCUT2D eigenvalue weighted by Crippen LogP contribution is -1.97. The van der Waals surface area contributed by atoms with E-state index in [9.17, 15) is 9.59 Å². The van der Waals surface area contributed by atoms with Crippen LogP contribution in [-0.2, 0) is 4.79 Å². The molecule has 0 unspecified atom stereocenters. The first-order valence-electron chi connectivity index (χ1n) is 6.83. The lowest BCUT2D eigenvalue weighted by atomic mass is 9.96. The zero-order valence-corrected chi connectivity index (χ0v) is 12.2. The zero-order valence-electron chi connectivity index (χ0n) is 12.2. The van der Waals surface area contributed by atoms with Gasteiger partial charge in [0.25, 0.3) is 0 Å². The minimum Gasteiger partial charge on any atom is -0.478 e. The first-order valence-corrected chi connectivity index (χ1v) is 6.83. The molecular formula is C18H14O4. The number of fused-ring (bicyclic) bond motifs is 3. The van der Waals surface area contributed by atoms with Gasteiger partial charge in [0.15, 0.2) is 0 Å². The molecule has 2 N–H and O–H groups in total. The number of hydrogen-bond acceptors (Lipinski definition) is 2. The highest BCUT2D eigenvalue weighted by atomic mass is 16.4. The fourth-order valence-corrected chi connectivity index (χ4v) is 2.93. The third-order valence-electron chi connectivity index (χ3n) is 4.12. The van der Waals surface area contributed by atoms with Gasteiger partial charge in [0, 0.05) is 6.08 Å². The van der Waals surface area contributed by atoms with Gasteiger partial charge in [-0.1, -0.05) is 18.2 Å². The molecule has 0 spiro atoms. The van der Waals surface area contributed by atoms with Crippen LogP contribution in [-0.4, -0.2) is 22.2 Å². The van der Waals surface area contributed by atoms with Crippen molar-refractivity contribution in [2.75, 3.05) is 0 Å². The minimum absolute atomic E-state index is 0.150. The highest BCUT2D eigenvalue weighted by Crippen LogP contribution is 2.46. The molecule has 0 atom stereocenters. The highest BCUT2D eigenvalue weighted by Gasteiger charge is 2.27. The molecule has 4 nitrogen and oxygen atoms in total. The predicted molar refractivity (Wildman–Crippen MR) is 83.0 cm³/mol. The van der Waals surface area contributed by atoms with Gasteiger partial charge in [-0.05, 0) is 64.9 Å². The van der Waals surface area contributed by atoms with Crippen molar-refractivity contribution in [2.45, 2.75) is 13.8 Å². The Morgan fingerprint density at radius 2 is 1.64 bits per heavy atom. The number of benzene rings is 2. The molecule has 2 aromatic carbocycles. The minimum atomic E-state index is -1.05. The van der Waals surface area contributed by atoms with Crippen molar-refractivity contribution in [2.24, 2.45) is 0 Å². The summed E-state index contributed by atoms with van der Waals surface area (Å²) < 4.78 is 0. The average molecular weight is 294 g/mol. The van der Waals surface area contributed by atoms with Crippen molar-refractivity contribution in [3.8, 4) is 11.1 Å². The SMILES string of the molecule is Cc1ccc2c(c1C)-c1ccc(C(=O)O)cc1/C2=C/C(=O)O. The van der Waals surface area contributed by atoms with Gasteiger partial charge in [-0.25, -0.2) is 9.59 Å². The fourth-order valence-electron chi connectivity index (χ4n) is 2.93. The number of carboxylic acids is 2. The molecule has 1 aliphatic rings. The molecule has 110 valence electrons. The van der Waals surface area contributed by atoms with Gasteiger partial charge in [-0.15, -0.1) is 0 Å². The maximum Gasteiger partial charge on any atom is 0.335 e. The van der Waals surface area contributed by atoms with Crippen LogP contribution in [0, 0.1) is 13.8 Å². The molecule has 0 radical (unpaired) electrons. The van der Waals surface area contributed by atoms with E-state index in [1.54, 1.807) is 18.2 Å². The van der Waals surface area contributed by atoms with Crippen molar-refractivity contribution in [3.05, 3.63) is 64.2 Å². The van der Waals surface area contributed by atoms with Crippen LogP contribution in [0.4, 0.5) is 0 Å². The summed E-state index contributed by atoms with van der Waals surface area (Å²) in [6, 6.07) is 8.70. The quantitative estimate of drug-likeness (QED) is 0.709. The van der Waals surface area contributed by atoms with Crippen molar-refractivity contribution >= 4 is 17.5 Å². The van der Waals surface area contributed by atoms with Crippen LogP contribution in [0.25, 0.3) is 16.7 Å². The maximum absolute atomic E-state index is 11.2. The van der Waals surface area contributed by atoms with Crippen LogP contribution >= 0.6 is 0 Å². The van der Waals surface area contributed by atoms with Crippen molar-refractivity contribution < 1.29 is 19.8 Å². The molecule has 3 rings (SSSR count). The summed E-state index contributed by atoms with van der Waals surface area (Å²) in [6.07, 6.45) is 1.14. The molecule has 0 aliphatic heterocycles. The predicted octanol–water partition coefficient (Wildman–Crippen LogP) is 3.50. The van der Waals surface area contributed by atoms with Crippen molar-refractivity contribution in [1.29, 1.82) is 0 Å². The van der Waals surface area contributed by atoms with Gasteiger partial charge in [0.1, 0.15) is 0 Å². The monoisotopic (exact) mass is 294 g/mol. The number of aryl methyl sites for hydroxylation is 1. The van der Waals surface area contributed by atoms with Crippen LogP contribution in [0.5, 0.6) is 0 Å².